The fourth-order valence-electron chi connectivity index (χ4n) is 2.52. The molecule has 1 aliphatic heterocycles. The number of aliphatic hydroxyl groups excluding tert-OH is 2. The Hall–Kier alpha value is -1.24. The highest BCUT2D eigenvalue weighted by Gasteiger charge is 2.35. The predicted molar refractivity (Wildman–Crippen MR) is 93.2 cm³/mol. The summed E-state index contributed by atoms with van der Waals surface area (Å²) in [6.45, 7) is 0.0881. The van der Waals surface area contributed by atoms with Crippen LogP contribution in [0.25, 0.3) is 0 Å². The monoisotopic (exact) mass is 453 g/mol. The van der Waals surface area contributed by atoms with Crippen LogP contribution >= 0.6 is 22.6 Å². The fourth-order valence-corrected chi connectivity index (χ4v) is 2.79. The lowest BCUT2D eigenvalue weighted by Crippen LogP contribution is -2.34. The largest absolute Gasteiger partial charge is 0.394 e. The first-order valence-electron chi connectivity index (χ1n) is 7.57. The van der Waals surface area contributed by atoms with E-state index in [1.165, 1.54) is 10.8 Å². The van der Waals surface area contributed by atoms with Gasteiger partial charge < -0.3 is 20.3 Å². The van der Waals surface area contributed by atoms with Crippen LogP contribution < -0.4 is 16.6 Å². The van der Waals surface area contributed by atoms with Crippen LogP contribution in [0.3, 0.4) is 0 Å². The van der Waals surface area contributed by atoms with Gasteiger partial charge in [0.2, 0.25) is 5.91 Å². The van der Waals surface area contributed by atoms with E-state index in [1.54, 1.807) is 0 Å². The van der Waals surface area contributed by atoms with E-state index in [4.69, 9.17) is 9.84 Å². The van der Waals surface area contributed by atoms with E-state index >= 15 is 0 Å². The van der Waals surface area contributed by atoms with Crippen LogP contribution in [0.5, 0.6) is 0 Å². The van der Waals surface area contributed by atoms with Gasteiger partial charge in [0.05, 0.1) is 17.1 Å². The van der Waals surface area contributed by atoms with Gasteiger partial charge in [0.25, 0.3) is 5.56 Å². The molecule has 1 amide bonds. The number of carbonyl (C=O) groups excluding carboxylic acids is 1. The number of aliphatic hydroxyl groups is 2. The Kier molecular flexibility index (Phi) is 6.95. The maximum Gasteiger partial charge on any atom is 0.330 e. The van der Waals surface area contributed by atoms with Crippen molar-refractivity contribution in [1.82, 2.24) is 14.9 Å². The number of aromatic nitrogens is 2. The minimum Gasteiger partial charge on any atom is -0.394 e. The average molecular weight is 453 g/mol. The van der Waals surface area contributed by atoms with Gasteiger partial charge in [-0.2, -0.15) is 0 Å². The van der Waals surface area contributed by atoms with Crippen molar-refractivity contribution in [3.8, 4) is 0 Å². The number of aryl methyl sites for hydroxylation is 1. The van der Waals surface area contributed by atoms with Crippen molar-refractivity contribution in [2.24, 2.45) is 0 Å². The Balaban J connectivity index is 2.07. The van der Waals surface area contributed by atoms with E-state index in [-0.39, 0.29) is 18.9 Å². The second kappa shape index (κ2) is 8.74. The van der Waals surface area contributed by atoms with Gasteiger partial charge in [-0.3, -0.25) is 19.1 Å². The summed E-state index contributed by atoms with van der Waals surface area (Å²) in [7, 11) is 0. The van der Waals surface area contributed by atoms with Gasteiger partial charge in [0.1, 0.15) is 12.3 Å². The van der Waals surface area contributed by atoms with Crippen LogP contribution in [0.15, 0.2) is 15.8 Å². The summed E-state index contributed by atoms with van der Waals surface area (Å²) in [5.74, 6) is -0.0714. The summed E-state index contributed by atoms with van der Waals surface area (Å²) in [5.41, 5.74) is -0.713. The highest BCUT2D eigenvalue weighted by molar-refractivity contribution is 14.1. The normalized spacial score (nSPS) is 23.4. The Morgan fingerprint density at radius 3 is 2.88 bits per heavy atom. The Morgan fingerprint density at radius 2 is 2.25 bits per heavy atom. The van der Waals surface area contributed by atoms with Gasteiger partial charge in [-0.1, -0.05) is 22.6 Å². The zero-order valence-electron chi connectivity index (χ0n) is 12.9. The molecule has 2 heterocycles. The molecule has 134 valence electrons. The molecule has 0 unspecified atom stereocenters. The van der Waals surface area contributed by atoms with Gasteiger partial charge >= 0.3 is 5.69 Å². The molecule has 0 bridgehead atoms. The molecular weight excluding hydrogens is 433 g/mol. The van der Waals surface area contributed by atoms with Gasteiger partial charge in [-0.05, 0) is 12.8 Å². The molecule has 9 nitrogen and oxygen atoms in total. The maximum absolute atomic E-state index is 12.0. The molecule has 10 heteroatoms. The Morgan fingerprint density at radius 1 is 1.50 bits per heavy atom. The lowest BCUT2D eigenvalue weighted by molar-refractivity contribution is -0.118. The van der Waals surface area contributed by atoms with Crippen molar-refractivity contribution >= 4 is 28.5 Å². The number of H-pyrrole nitrogens is 1. The molecule has 0 radical (unpaired) electrons. The van der Waals surface area contributed by atoms with Gasteiger partial charge in [-0.15, -0.1) is 0 Å². The van der Waals surface area contributed by atoms with Crippen molar-refractivity contribution in [2.45, 2.75) is 37.7 Å². The third-order valence-corrected chi connectivity index (χ3v) is 4.50. The van der Waals surface area contributed by atoms with E-state index < -0.39 is 29.7 Å². The van der Waals surface area contributed by atoms with Crippen molar-refractivity contribution < 1.29 is 19.7 Å². The quantitative estimate of drug-likeness (QED) is 0.230. The summed E-state index contributed by atoms with van der Waals surface area (Å²) in [6, 6.07) is 0. The first kappa shape index (κ1) is 19.1. The molecule has 4 N–H and O–H groups in total. The number of halogens is 1. The number of hydrogen-bond acceptors (Lipinski definition) is 6. The number of ether oxygens (including phenoxy) is 1. The smallest absolute Gasteiger partial charge is 0.330 e. The van der Waals surface area contributed by atoms with Gasteiger partial charge in [0.15, 0.2) is 0 Å². The SMILES string of the molecule is O=C(CI)NCCCc1cn([C@H]2C[C@H](O)[C@@H](CO)O2)c(=O)[nH]c1=O. The number of rotatable bonds is 7. The molecule has 1 aromatic heterocycles. The molecule has 0 spiro atoms. The number of carbonyl (C=O) groups is 1. The van der Waals surface area contributed by atoms with Crippen LogP contribution in [0.2, 0.25) is 0 Å². The maximum atomic E-state index is 12.0. The van der Waals surface area contributed by atoms with Crippen molar-refractivity contribution in [2.75, 3.05) is 17.6 Å². The summed E-state index contributed by atoms with van der Waals surface area (Å²) in [6.07, 6.45) is 0.152. The van der Waals surface area contributed by atoms with Crippen molar-refractivity contribution in [3.05, 3.63) is 32.6 Å². The summed E-state index contributed by atoms with van der Waals surface area (Å²) in [5, 5.41) is 21.6. The zero-order valence-corrected chi connectivity index (χ0v) is 15.1. The van der Waals surface area contributed by atoms with Crippen LogP contribution in [0, 0.1) is 0 Å². The van der Waals surface area contributed by atoms with Crippen molar-refractivity contribution in [3.63, 3.8) is 0 Å². The third kappa shape index (κ3) is 4.65. The third-order valence-electron chi connectivity index (χ3n) is 3.80. The number of nitrogens with zero attached hydrogens (tertiary/aromatic N) is 1. The van der Waals surface area contributed by atoms with E-state index in [0.717, 1.165) is 0 Å². The molecule has 0 aliphatic carbocycles. The first-order chi connectivity index (χ1) is 11.5. The topological polar surface area (TPSA) is 134 Å². The average Bonchev–Trinajstić information content (AvgIpc) is 2.93. The van der Waals surface area contributed by atoms with E-state index in [2.05, 4.69) is 10.3 Å². The standard InChI is InChI=1S/C14H20IN3O6/c15-5-11(21)16-3-1-2-8-6-18(14(23)17-13(8)22)12-4-9(20)10(7-19)24-12/h6,9-10,12,19-20H,1-5,7H2,(H,16,21)(H,17,22,23)/t9-,10+,12+/m0/s1. The fraction of sp³-hybridized carbons (Fsp3) is 0.643. The minimum atomic E-state index is -0.870. The summed E-state index contributed by atoms with van der Waals surface area (Å²) >= 11 is 1.96. The van der Waals surface area contributed by atoms with Crippen LogP contribution in [0.1, 0.15) is 24.6 Å². The lowest BCUT2D eigenvalue weighted by atomic mass is 10.1. The molecule has 2 rings (SSSR count). The minimum absolute atomic E-state index is 0.0714. The van der Waals surface area contributed by atoms with E-state index in [9.17, 15) is 19.5 Å². The number of aromatic amines is 1. The second-order valence-corrected chi connectivity index (χ2v) is 6.29. The molecule has 1 saturated heterocycles. The second-order valence-electron chi connectivity index (χ2n) is 5.52. The molecule has 1 aromatic rings. The van der Waals surface area contributed by atoms with Gasteiger partial charge in [-0.25, -0.2) is 4.79 Å². The highest BCUT2D eigenvalue weighted by Crippen LogP contribution is 2.27. The Labute approximate surface area is 151 Å². The number of alkyl halides is 1. The first-order valence-corrected chi connectivity index (χ1v) is 9.10. The zero-order chi connectivity index (χ0) is 17.7. The van der Waals surface area contributed by atoms with Crippen LogP contribution in [-0.4, -0.2) is 55.5 Å². The highest BCUT2D eigenvalue weighted by atomic mass is 127. The lowest BCUT2D eigenvalue weighted by Gasteiger charge is -2.15. The molecule has 1 fully saturated rings. The van der Waals surface area contributed by atoms with Gasteiger partial charge in [0, 0.05) is 24.7 Å². The molecule has 3 atom stereocenters. The number of amides is 1. The van der Waals surface area contributed by atoms with E-state index in [1.807, 2.05) is 22.6 Å². The van der Waals surface area contributed by atoms with Crippen LogP contribution in [-0.2, 0) is 16.0 Å². The van der Waals surface area contributed by atoms with Crippen molar-refractivity contribution in [1.29, 1.82) is 0 Å². The molecule has 0 saturated carbocycles. The number of hydrogen-bond donors (Lipinski definition) is 4. The number of nitrogens with one attached hydrogen (secondary N) is 2. The summed E-state index contributed by atoms with van der Waals surface area (Å²) in [4.78, 5) is 37.2. The van der Waals surface area contributed by atoms with Crippen LogP contribution in [0.4, 0.5) is 0 Å². The summed E-state index contributed by atoms with van der Waals surface area (Å²) < 4.78 is 7.03. The molecule has 0 aromatic carbocycles. The molecular formula is C14H20IN3O6. The molecule has 1 aliphatic rings. The molecule has 24 heavy (non-hydrogen) atoms. The predicted octanol–water partition coefficient (Wildman–Crippen LogP) is -1.34. The Bertz CT molecular complexity index is 688. The van der Waals surface area contributed by atoms with E-state index in [0.29, 0.717) is 29.4 Å².